The molecule has 3 atom stereocenters. The first kappa shape index (κ1) is 24.4. The summed E-state index contributed by atoms with van der Waals surface area (Å²) in [6.45, 7) is 5.58. The van der Waals surface area contributed by atoms with Gasteiger partial charge in [0.15, 0.2) is 15.8 Å². The monoisotopic (exact) mass is 529 g/mol. The molecule has 0 amide bonds. The number of alkyl halides is 3. The standard InChI is InChI=1S/C21H26F3N7O2S2/c1-11-9-30(12(2)14(7-22)26-11)15-6-13(35(32,33)29-21(3)4-5-21)10-31-16(15)8-25-18(31)20-28-27-19(34-20)17(23)24/h6,8,10-12,14,17,26,29H,4-5,7,9H2,1-3H3. The second kappa shape index (κ2) is 8.68. The van der Waals surface area contributed by atoms with Crippen LogP contribution < -0.4 is 14.9 Å². The third-order valence-corrected chi connectivity index (χ3v) is 9.15. The number of halogens is 3. The highest BCUT2D eigenvalue weighted by molar-refractivity contribution is 7.89. The Morgan fingerprint density at radius 3 is 2.69 bits per heavy atom. The number of piperazine rings is 1. The number of sulfonamides is 1. The van der Waals surface area contributed by atoms with Gasteiger partial charge in [0, 0.05) is 30.4 Å². The van der Waals surface area contributed by atoms with Crippen molar-refractivity contribution < 1.29 is 21.6 Å². The number of rotatable bonds is 7. The molecule has 35 heavy (non-hydrogen) atoms. The summed E-state index contributed by atoms with van der Waals surface area (Å²) in [5.74, 6) is 0.207. The maximum absolute atomic E-state index is 13.8. The maximum Gasteiger partial charge on any atom is 0.291 e. The molecule has 2 fully saturated rings. The lowest BCUT2D eigenvalue weighted by Crippen LogP contribution is -2.61. The molecule has 1 saturated carbocycles. The molecule has 0 aromatic carbocycles. The zero-order chi connectivity index (χ0) is 25.1. The highest BCUT2D eigenvalue weighted by Gasteiger charge is 2.42. The van der Waals surface area contributed by atoms with Crippen LogP contribution in [0.5, 0.6) is 0 Å². The van der Waals surface area contributed by atoms with Crippen LogP contribution in [0.1, 0.15) is 45.0 Å². The molecule has 4 heterocycles. The maximum atomic E-state index is 13.8. The topological polar surface area (TPSA) is 105 Å². The molecule has 190 valence electrons. The Hall–Kier alpha value is -2.29. The highest BCUT2D eigenvalue weighted by atomic mass is 32.2. The zero-order valence-corrected chi connectivity index (χ0v) is 21.0. The van der Waals surface area contributed by atoms with Gasteiger partial charge in [-0.3, -0.25) is 4.40 Å². The van der Waals surface area contributed by atoms with Crippen LogP contribution in [-0.2, 0) is 10.0 Å². The van der Waals surface area contributed by atoms with Gasteiger partial charge >= 0.3 is 0 Å². The van der Waals surface area contributed by atoms with E-state index >= 15 is 0 Å². The van der Waals surface area contributed by atoms with E-state index in [9.17, 15) is 21.6 Å². The minimum Gasteiger partial charge on any atom is -0.364 e. The van der Waals surface area contributed by atoms with Crippen LogP contribution in [0.3, 0.4) is 0 Å². The molecule has 1 aliphatic heterocycles. The third kappa shape index (κ3) is 4.52. The van der Waals surface area contributed by atoms with Gasteiger partial charge in [0.1, 0.15) is 11.6 Å². The number of hydrogen-bond acceptors (Lipinski definition) is 8. The van der Waals surface area contributed by atoms with Crippen molar-refractivity contribution in [3.05, 3.63) is 23.5 Å². The van der Waals surface area contributed by atoms with Crippen LogP contribution in [0.15, 0.2) is 23.4 Å². The molecule has 1 saturated heterocycles. The molecule has 14 heteroatoms. The molecular formula is C21H26F3N7O2S2. The Morgan fingerprint density at radius 1 is 1.31 bits per heavy atom. The molecule has 2 N–H and O–H groups in total. The fourth-order valence-electron chi connectivity index (χ4n) is 4.40. The Labute approximate surface area is 204 Å². The van der Waals surface area contributed by atoms with Crippen LogP contribution in [0.4, 0.5) is 18.9 Å². The predicted octanol–water partition coefficient (Wildman–Crippen LogP) is 3.15. The van der Waals surface area contributed by atoms with E-state index in [0.29, 0.717) is 29.1 Å². The summed E-state index contributed by atoms with van der Waals surface area (Å²) in [6.07, 6.45) is 1.67. The fourth-order valence-corrected chi connectivity index (χ4v) is 6.58. The molecule has 3 aromatic heterocycles. The highest BCUT2D eigenvalue weighted by Crippen LogP contribution is 2.38. The third-order valence-electron chi connectivity index (χ3n) is 6.62. The Morgan fingerprint density at radius 2 is 2.06 bits per heavy atom. The fraction of sp³-hybridized carbons (Fsp3) is 0.571. The van der Waals surface area contributed by atoms with E-state index in [0.717, 1.165) is 12.8 Å². The van der Waals surface area contributed by atoms with Gasteiger partial charge in [0.25, 0.3) is 6.43 Å². The van der Waals surface area contributed by atoms with E-state index < -0.39 is 39.7 Å². The first-order valence-corrected chi connectivity index (χ1v) is 13.6. The minimum atomic E-state index is -3.91. The lowest BCUT2D eigenvalue weighted by Gasteiger charge is -2.44. The van der Waals surface area contributed by atoms with Crippen LogP contribution in [-0.4, -0.2) is 64.9 Å². The lowest BCUT2D eigenvalue weighted by molar-refractivity contribution is 0.150. The summed E-state index contributed by atoms with van der Waals surface area (Å²) in [7, 11) is -3.91. The first-order valence-electron chi connectivity index (χ1n) is 11.3. The molecule has 0 bridgehead atoms. The normalized spacial score (nSPS) is 24.4. The minimum absolute atomic E-state index is 0.00107. The number of pyridine rings is 1. The summed E-state index contributed by atoms with van der Waals surface area (Å²) in [4.78, 5) is 6.35. The van der Waals surface area contributed by atoms with Crippen LogP contribution in [0.2, 0.25) is 0 Å². The van der Waals surface area contributed by atoms with Crippen molar-refractivity contribution in [3.63, 3.8) is 0 Å². The van der Waals surface area contributed by atoms with Crippen molar-refractivity contribution in [1.29, 1.82) is 0 Å². The number of imidazole rings is 1. The summed E-state index contributed by atoms with van der Waals surface area (Å²) in [5, 5.41) is 10.3. The van der Waals surface area contributed by atoms with Crippen molar-refractivity contribution in [2.24, 2.45) is 0 Å². The molecule has 2 aliphatic rings. The lowest BCUT2D eigenvalue weighted by atomic mass is 10.0. The number of aromatic nitrogens is 4. The Kier molecular flexibility index (Phi) is 6.05. The van der Waals surface area contributed by atoms with Gasteiger partial charge in [-0.1, -0.05) is 11.3 Å². The van der Waals surface area contributed by atoms with Gasteiger partial charge in [0.05, 0.1) is 23.4 Å². The Bertz CT molecular complexity index is 1360. The Balaban J connectivity index is 1.68. The molecular weight excluding hydrogens is 503 g/mol. The summed E-state index contributed by atoms with van der Waals surface area (Å²) in [5.41, 5.74) is 0.627. The van der Waals surface area contributed by atoms with Gasteiger partial charge in [-0.2, -0.15) is 0 Å². The second-order valence-corrected chi connectivity index (χ2v) is 12.2. The second-order valence-electron chi connectivity index (χ2n) is 9.53. The smallest absolute Gasteiger partial charge is 0.291 e. The average Bonchev–Trinajstić information content (AvgIpc) is 3.18. The van der Waals surface area contributed by atoms with E-state index in [2.05, 4.69) is 25.2 Å². The first-order chi connectivity index (χ1) is 16.5. The zero-order valence-electron chi connectivity index (χ0n) is 19.4. The molecule has 0 spiro atoms. The summed E-state index contributed by atoms with van der Waals surface area (Å²) >= 11 is 0.699. The van der Waals surface area contributed by atoms with Gasteiger partial charge < -0.3 is 10.2 Å². The van der Waals surface area contributed by atoms with Gasteiger partial charge in [-0.05, 0) is 39.7 Å². The molecule has 1 aliphatic carbocycles. The van der Waals surface area contributed by atoms with E-state index in [1.807, 2.05) is 25.7 Å². The van der Waals surface area contributed by atoms with E-state index in [1.54, 1.807) is 16.7 Å². The molecule has 3 aromatic rings. The van der Waals surface area contributed by atoms with Gasteiger partial charge in [0.2, 0.25) is 10.0 Å². The number of hydrogen-bond donors (Lipinski definition) is 2. The van der Waals surface area contributed by atoms with E-state index in [4.69, 9.17) is 0 Å². The molecule has 9 nitrogen and oxygen atoms in total. The van der Waals surface area contributed by atoms with Crippen molar-refractivity contribution in [1.82, 2.24) is 29.6 Å². The van der Waals surface area contributed by atoms with Gasteiger partial charge in [-0.15, -0.1) is 10.2 Å². The van der Waals surface area contributed by atoms with Crippen molar-refractivity contribution in [2.75, 3.05) is 18.1 Å². The van der Waals surface area contributed by atoms with Crippen molar-refractivity contribution in [3.8, 4) is 10.8 Å². The SMILES string of the molecule is CC1CN(c2cc(S(=O)(=O)NC3(C)CC3)cn3c(-c4nnc(C(F)F)s4)ncc23)C(C)C(CF)N1. The number of anilines is 1. The number of nitrogens with zero attached hydrogens (tertiary/aromatic N) is 5. The summed E-state index contributed by atoms with van der Waals surface area (Å²) in [6, 6.07) is 0.803. The molecule has 3 unspecified atom stereocenters. The van der Waals surface area contributed by atoms with Gasteiger partial charge in [-0.25, -0.2) is 31.3 Å². The van der Waals surface area contributed by atoms with E-state index in [1.165, 1.54) is 6.20 Å². The van der Waals surface area contributed by atoms with E-state index in [-0.39, 0.29) is 27.8 Å². The average molecular weight is 530 g/mol. The number of nitrogens with one attached hydrogen (secondary N) is 2. The molecule has 5 rings (SSSR count). The largest absolute Gasteiger partial charge is 0.364 e. The predicted molar refractivity (Wildman–Crippen MR) is 126 cm³/mol. The molecule has 0 radical (unpaired) electrons. The number of fused-ring (bicyclic) bond motifs is 1. The quantitative estimate of drug-likeness (QED) is 0.485. The van der Waals surface area contributed by atoms with Crippen LogP contribution in [0.25, 0.3) is 16.3 Å². The van der Waals surface area contributed by atoms with Crippen molar-refractivity contribution in [2.45, 2.75) is 68.6 Å². The van der Waals surface area contributed by atoms with Crippen LogP contribution >= 0.6 is 11.3 Å². The van der Waals surface area contributed by atoms with Crippen molar-refractivity contribution >= 4 is 32.6 Å². The van der Waals surface area contributed by atoms with Crippen LogP contribution in [0, 0.1) is 0 Å². The summed E-state index contributed by atoms with van der Waals surface area (Å²) < 4.78 is 71.0.